The van der Waals surface area contributed by atoms with Crippen molar-refractivity contribution in [2.24, 2.45) is 0 Å². The minimum Gasteiger partial charge on any atom is -0.493 e. The molecule has 0 atom stereocenters. The monoisotopic (exact) mass is 382 g/mol. The van der Waals surface area contributed by atoms with Crippen molar-refractivity contribution in [3.05, 3.63) is 82.4 Å². The number of methoxy groups -OCH3 is 1. The molecule has 1 aromatic carbocycles. The van der Waals surface area contributed by atoms with Crippen LogP contribution in [0.4, 0.5) is 0 Å². The quantitative estimate of drug-likeness (QED) is 0.596. The van der Waals surface area contributed by atoms with Crippen molar-refractivity contribution in [3.8, 4) is 11.5 Å². The number of hydrogen-bond donors (Lipinski definition) is 0. The summed E-state index contributed by atoms with van der Waals surface area (Å²) < 4.78 is 12.4. The molecule has 6 heteroatoms. The first-order chi connectivity index (χ1) is 13.0. The van der Waals surface area contributed by atoms with Crippen LogP contribution < -0.4 is 15.0 Å². The molecule has 0 aliphatic rings. The first-order valence-electron chi connectivity index (χ1n) is 8.32. The molecular formula is C21H19ClN2O3. The number of aromatic nitrogens is 2. The molecule has 2 heterocycles. The van der Waals surface area contributed by atoms with E-state index in [2.05, 4.69) is 11.6 Å². The summed E-state index contributed by atoms with van der Waals surface area (Å²) in [6, 6.07) is 10.6. The first-order valence-corrected chi connectivity index (χ1v) is 8.69. The summed E-state index contributed by atoms with van der Waals surface area (Å²) in [7, 11) is 1.57. The molecule has 0 fully saturated rings. The second-order valence-corrected chi connectivity index (χ2v) is 6.27. The van der Waals surface area contributed by atoms with Crippen molar-refractivity contribution in [1.82, 2.24) is 9.38 Å². The van der Waals surface area contributed by atoms with Gasteiger partial charge in [-0.05, 0) is 42.3 Å². The molecular weight excluding hydrogens is 364 g/mol. The minimum absolute atomic E-state index is 0.184. The number of halogens is 1. The molecule has 5 nitrogen and oxygen atoms in total. The van der Waals surface area contributed by atoms with Gasteiger partial charge in [-0.1, -0.05) is 36.4 Å². The van der Waals surface area contributed by atoms with Crippen LogP contribution in [-0.4, -0.2) is 23.1 Å². The highest BCUT2D eigenvalue weighted by molar-refractivity contribution is 6.51. The van der Waals surface area contributed by atoms with Crippen molar-refractivity contribution in [3.63, 3.8) is 0 Å². The van der Waals surface area contributed by atoms with E-state index in [4.69, 9.17) is 21.1 Å². The number of hydrogen-bond acceptors (Lipinski definition) is 4. The van der Waals surface area contributed by atoms with Crippen molar-refractivity contribution in [2.75, 3.05) is 13.7 Å². The van der Waals surface area contributed by atoms with Crippen molar-refractivity contribution >= 4 is 28.4 Å². The average molecular weight is 383 g/mol. The van der Waals surface area contributed by atoms with E-state index in [1.165, 1.54) is 10.5 Å². The molecule has 3 aromatic rings. The van der Waals surface area contributed by atoms with Gasteiger partial charge in [0.2, 0.25) is 0 Å². The van der Waals surface area contributed by atoms with E-state index < -0.39 is 0 Å². The molecule has 27 heavy (non-hydrogen) atoms. The summed E-state index contributed by atoms with van der Waals surface area (Å²) in [5, 5.41) is 0.361. The largest absolute Gasteiger partial charge is 0.493 e. The Labute approximate surface area is 162 Å². The predicted octanol–water partition coefficient (Wildman–Crippen LogP) is 4.31. The molecule has 0 saturated heterocycles. The zero-order valence-corrected chi connectivity index (χ0v) is 15.9. The van der Waals surface area contributed by atoms with Crippen LogP contribution in [0.3, 0.4) is 0 Å². The molecule has 2 aromatic heterocycles. The van der Waals surface area contributed by atoms with Crippen molar-refractivity contribution < 1.29 is 9.47 Å². The molecule has 0 bridgehead atoms. The molecule has 0 unspecified atom stereocenters. The lowest BCUT2D eigenvalue weighted by molar-refractivity contribution is 0.326. The molecule has 0 radical (unpaired) electrons. The highest BCUT2D eigenvalue weighted by atomic mass is 35.5. The topological polar surface area (TPSA) is 52.8 Å². The number of ether oxygens (including phenoxy) is 2. The molecule has 0 spiro atoms. The molecule has 138 valence electrons. The van der Waals surface area contributed by atoms with Gasteiger partial charge in [0.1, 0.15) is 12.3 Å². The SMILES string of the molecule is C=CCOc1ccc(/C=C(\Cl)c2cc(=O)n3cccc(C)c3n2)cc1OC. The number of rotatable bonds is 6. The second kappa shape index (κ2) is 8.10. The molecule has 0 amide bonds. The average Bonchev–Trinajstić information content (AvgIpc) is 2.67. The standard InChI is InChI=1S/C21H19ClN2O3/c1-4-10-27-18-8-7-15(12-19(18)26-3)11-16(22)17-13-20(25)24-9-5-6-14(2)21(24)23-17/h4-9,11-13H,1,10H2,2-3H3/b16-11-. The Kier molecular flexibility index (Phi) is 5.62. The number of fused-ring (bicyclic) bond motifs is 1. The molecule has 0 saturated carbocycles. The number of benzene rings is 1. The third kappa shape index (κ3) is 4.04. The maximum Gasteiger partial charge on any atom is 0.258 e. The number of aryl methyl sites for hydroxylation is 1. The van der Waals surface area contributed by atoms with Gasteiger partial charge < -0.3 is 9.47 Å². The van der Waals surface area contributed by atoms with E-state index in [-0.39, 0.29) is 5.56 Å². The zero-order valence-electron chi connectivity index (χ0n) is 15.1. The lowest BCUT2D eigenvalue weighted by atomic mass is 10.1. The lowest BCUT2D eigenvalue weighted by Gasteiger charge is -2.10. The molecule has 0 aliphatic carbocycles. The van der Waals surface area contributed by atoms with E-state index in [0.717, 1.165) is 11.1 Å². The van der Waals surface area contributed by atoms with Crippen LogP contribution in [0.5, 0.6) is 11.5 Å². The van der Waals surface area contributed by atoms with Gasteiger partial charge >= 0.3 is 0 Å². The van der Waals surface area contributed by atoms with Crippen LogP contribution in [0.2, 0.25) is 0 Å². The van der Waals surface area contributed by atoms with Gasteiger partial charge in [0.05, 0.1) is 17.8 Å². The summed E-state index contributed by atoms with van der Waals surface area (Å²) in [5.41, 5.74) is 2.51. The van der Waals surface area contributed by atoms with Crippen molar-refractivity contribution in [2.45, 2.75) is 6.92 Å². The van der Waals surface area contributed by atoms with E-state index in [1.54, 1.807) is 37.6 Å². The summed E-state index contributed by atoms with van der Waals surface area (Å²) in [5.74, 6) is 1.20. The van der Waals surface area contributed by atoms with Gasteiger partial charge in [-0.15, -0.1) is 0 Å². The fourth-order valence-electron chi connectivity index (χ4n) is 2.65. The van der Waals surface area contributed by atoms with E-state index >= 15 is 0 Å². The molecule has 0 N–H and O–H groups in total. The zero-order chi connectivity index (χ0) is 19.4. The van der Waals surface area contributed by atoms with Crippen LogP contribution >= 0.6 is 11.6 Å². The maximum absolute atomic E-state index is 12.3. The van der Waals surface area contributed by atoms with Crippen LogP contribution in [0.15, 0.2) is 60.0 Å². The van der Waals surface area contributed by atoms with Gasteiger partial charge in [0, 0.05) is 12.3 Å². The number of nitrogens with zero attached hydrogens (tertiary/aromatic N) is 2. The normalized spacial score (nSPS) is 11.4. The van der Waals surface area contributed by atoms with Gasteiger partial charge in [0.15, 0.2) is 11.5 Å². The van der Waals surface area contributed by atoms with Crippen LogP contribution in [-0.2, 0) is 0 Å². The fourth-order valence-corrected chi connectivity index (χ4v) is 2.87. The Morgan fingerprint density at radius 2 is 2.11 bits per heavy atom. The minimum atomic E-state index is -0.184. The Bertz CT molecular complexity index is 1090. The lowest BCUT2D eigenvalue weighted by Crippen LogP contribution is -2.15. The maximum atomic E-state index is 12.3. The molecule has 3 rings (SSSR count). The van der Waals surface area contributed by atoms with Crippen LogP contribution in [0.25, 0.3) is 16.8 Å². The van der Waals surface area contributed by atoms with Gasteiger partial charge in [-0.3, -0.25) is 9.20 Å². The smallest absolute Gasteiger partial charge is 0.258 e. The Morgan fingerprint density at radius 3 is 2.85 bits per heavy atom. The van der Waals surface area contributed by atoms with Crippen LogP contribution in [0.1, 0.15) is 16.8 Å². The second-order valence-electron chi connectivity index (χ2n) is 5.87. The van der Waals surface area contributed by atoms with Gasteiger partial charge in [-0.2, -0.15) is 0 Å². The Balaban J connectivity index is 2.00. The Hall–Kier alpha value is -3.05. The highest BCUT2D eigenvalue weighted by Gasteiger charge is 2.09. The Morgan fingerprint density at radius 1 is 1.30 bits per heavy atom. The molecule has 0 aliphatic heterocycles. The summed E-state index contributed by atoms with van der Waals surface area (Å²) >= 11 is 6.45. The van der Waals surface area contributed by atoms with Crippen molar-refractivity contribution in [1.29, 1.82) is 0 Å². The summed E-state index contributed by atoms with van der Waals surface area (Å²) in [6.45, 7) is 5.91. The third-order valence-electron chi connectivity index (χ3n) is 3.97. The van der Waals surface area contributed by atoms with Gasteiger partial charge in [0.25, 0.3) is 5.56 Å². The summed E-state index contributed by atoms with van der Waals surface area (Å²) in [4.78, 5) is 16.9. The third-order valence-corrected chi connectivity index (χ3v) is 4.27. The highest BCUT2D eigenvalue weighted by Crippen LogP contribution is 2.30. The number of pyridine rings is 1. The van der Waals surface area contributed by atoms with E-state index in [0.29, 0.717) is 34.5 Å². The van der Waals surface area contributed by atoms with Crippen LogP contribution in [0, 0.1) is 6.92 Å². The first kappa shape index (κ1) is 18.7. The summed E-state index contributed by atoms with van der Waals surface area (Å²) in [6.07, 6.45) is 5.08. The van der Waals surface area contributed by atoms with E-state index in [9.17, 15) is 4.79 Å². The van der Waals surface area contributed by atoms with Gasteiger partial charge in [-0.25, -0.2) is 4.98 Å². The fraction of sp³-hybridized carbons (Fsp3) is 0.143. The van der Waals surface area contributed by atoms with E-state index in [1.807, 2.05) is 25.1 Å². The predicted molar refractivity (Wildman–Crippen MR) is 109 cm³/mol.